The number of rotatable bonds is 38. The van der Waals surface area contributed by atoms with Crippen LogP contribution < -0.4 is 5.32 Å². The summed E-state index contributed by atoms with van der Waals surface area (Å²) in [7, 11) is 0. The van der Waals surface area contributed by atoms with E-state index in [4.69, 9.17) is 47.4 Å². The lowest BCUT2D eigenvalue weighted by atomic mass is 10.2. The number of carbonyl (C=O) groups is 1. The van der Waals surface area contributed by atoms with Gasteiger partial charge in [-0.15, -0.1) is 0 Å². The summed E-state index contributed by atoms with van der Waals surface area (Å²) in [6, 6.07) is 3.42. The van der Waals surface area contributed by atoms with Gasteiger partial charge in [-0.1, -0.05) is 26.2 Å². The Morgan fingerprint density at radius 1 is 0.569 bits per heavy atom. The van der Waals surface area contributed by atoms with Crippen LogP contribution in [0, 0.1) is 20.2 Å². The summed E-state index contributed by atoms with van der Waals surface area (Å²) >= 11 is 0. The van der Waals surface area contributed by atoms with Crippen LogP contribution in [0.1, 0.15) is 39.0 Å². The van der Waals surface area contributed by atoms with Crippen LogP contribution in [-0.2, 0) is 52.2 Å². The molecule has 0 saturated heterocycles. The number of unbranched alkanes of at least 4 members (excludes halogenated alkanes) is 3. The average molecular weight is 736 g/mol. The zero-order valence-electron chi connectivity index (χ0n) is 29.9. The Labute approximate surface area is 299 Å². The molecule has 1 rings (SSSR count). The quantitative estimate of drug-likeness (QED) is 0.0446. The third-order valence-electron chi connectivity index (χ3n) is 6.65. The highest BCUT2D eigenvalue weighted by atomic mass is 16.6. The molecule has 1 N–H and O–H groups in total. The summed E-state index contributed by atoms with van der Waals surface area (Å²) in [4.78, 5) is 32.1. The fourth-order valence-electron chi connectivity index (χ4n) is 4.04. The van der Waals surface area contributed by atoms with Crippen molar-refractivity contribution in [2.24, 2.45) is 0 Å². The SMILES string of the molecule is CCCCCCC(=O)OCCOCCOCCOCCOCCOCCOCCOCCOCCOCCNc1ccc([N+](=O)[O-])cc1[N+](=O)[O-]. The number of anilines is 1. The van der Waals surface area contributed by atoms with E-state index in [1.807, 2.05) is 0 Å². The maximum Gasteiger partial charge on any atom is 0.305 e. The Bertz CT molecular complexity index is 1020. The second kappa shape index (κ2) is 34.0. The highest BCUT2D eigenvalue weighted by Gasteiger charge is 2.19. The number of hydrogen-bond acceptors (Lipinski definition) is 16. The lowest BCUT2D eigenvalue weighted by Crippen LogP contribution is -2.16. The lowest BCUT2D eigenvalue weighted by molar-refractivity contribution is -0.393. The summed E-state index contributed by atoms with van der Waals surface area (Å²) in [5.41, 5.74) is -0.533. The molecule has 1 aromatic rings. The number of benzene rings is 1. The molecule has 0 unspecified atom stereocenters. The molecule has 0 radical (unpaired) electrons. The van der Waals surface area contributed by atoms with Gasteiger partial charge in [-0.05, 0) is 12.5 Å². The molecule has 0 spiro atoms. The van der Waals surface area contributed by atoms with Crippen molar-refractivity contribution in [2.75, 3.05) is 137 Å². The van der Waals surface area contributed by atoms with Gasteiger partial charge >= 0.3 is 5.97 Å². The third-order valence-corrected chi connectivity index (χ3v) is 6.65. The summed E-state index contributed by atoms with van der Waals surface area (Å²) in [6.45, 7) is 10.3. The predicted octanol–water partition coefficient (Wildman–Crippen LogP) is 3.58. The predicted molar refractivity (Wildman–Crippen MR) is 185 cm³/mol. The van der Waals surface area contributed by atoms with Crippen LogP contribution in [0.25, 0.3) is 0 Å². The van der Waals surface area contributed by atoms with Gasteiger partial charge in [0.05, 0.1) is 135 Å². The molecule has 0 saturated carbocycles. The second-order valence-corrected chi connectivity index (χ2v) is 10.7. The van der Waals surface area contributed by atoms with Crippen LogP contribution in [0.2, 0.25) is 0 Å². The van der Waals surface area contributed by atoms with Crippen LogP contribution in [-0.4, -0.2) is 148 Å². The lowest BCUT2D eigenvalue weighted by Gasteiger charge is -2.09. The topological polar surface area (TPSA) is 208 Å². The normalized spacial score (nSPS) is 11.2. The highest BCUT2D eigenvalue weighted by molar-refractivity contribution is 5.69. The first-order chi connectivity index (χ1) is 25.0. The molecule has 0 aromatic heterocycles. The summed E-state index contributed by atoms with van der Waals surface area (Å²) in [6.07, 6.45) is 4.70. The van der Waals surface area contributed by atoms with Crippen LogP contribution >= 0.6 is 0 Å². The number of ether oxygens (including phenoxy) is 10. The van der Waals surface area contributed by atoms with Gasteiger partial charge < -0.3 is 52.7 Å². The largest absolute Gasteiger partial charge is 0.463 e. The van der Waals surface area contributed by atoms with E-state index in [0.29, 0.717) is 119 Å². The molecule has 0 atom stereocenters. The van der Waals surface area contributed by atoms with Crippen molar-refractivity contribution >= 4 is 23.0 Å². The van der Waals surface area contributed by atoms with Crippen molar-refractivity contribution in [3.05, 3.63) is 38.4 Å². The van der Waals surface area contributed by atoms with Crippen molar-refractivity contribution in [1.29, 1.82) is 0 Å². The van der Waals surface area contributed by atoms with Gasteiger partial charge in [0.25, 0.3) is 11.4 Å². The van der Waals surface area contributed by atoms with Gasteiger partial charge in [0.2, 0.25) is 0 Å². The van der Waals surface area contributed by atoms with Gasteiger partial charge in [0, 0.05) is 19.0 Å². The zero-order chi connectivity index (χ0) is 37.0. The minimum atomic E-state index is -0.683. The minimum absolute atomic E-state index is 0.166. The van der Waals surface area contributed by atoms with Crippen LogP contribution in [0.15, 0.2) is 18.2 Å². The number of nitro benzene ring substituents is 2. The van der Waals surface area contributed by atoms with Crippen molar-refractivity contribution < 1.29 is 62.0 Å². The molecular weight excluding hydrogens is 678 g/mol. The van der Waals surface area contributed by atoms with Crippen molar-refractivity contribution in [2.45, 2.75) is 39.0 Å². The summed E-state index contributed by atoms with van der Waals surface area (Å²) < 4.78 is 54.0. The zero-order valence-corrected chi connectivity index (χ0v) is 29.9. The molecule has 51 heavy (non-hydrogen) atoms. The van der Waals surface area contributed by atoms with E-state index in [-0.39, 0.29) is 42.8 Å². The van der Waals surface area contributed by atoms with Gasteiger partial charge in [0.15, 0.2) is 0 Å². The number of nitrogens with one attached hydrogen (secondary N) is 1. The first kappa shape index (κ1) is 46.0. The Hall–Kier alpha value is -3.07. The molecule has 0 bridgehead atoms. The Balaban J connectivity index is 1.73. The molecule has 0 fully saturated rings. The Morgan fingerprint density at radius 3 is 1.37 bits per heavy atom. The molecular formula is C33H57N3O15. The number of carbonyl (C=O) groups excluding carboxylic acids is 1. The minimum Gasteiger partial charge on any atom is -0.463 e. The molecule has 18 nitrogen and oxygen atoms in total. The fraction of sp³-hybridized carbons (Fsp3) is 0.788. The number of nitro groups is 2. The number of non-ortho nitro benzene ring substituents is 1. The Kier molecular flexibility index (Phi) is 30.7. The van der Waals surface area contributed by atoms with E-state index in [9.17, 15) is 25.0 Å². The fourth-order valence-corrected chi connectivity index (χ4v) is 4.04. The molecule has 0 amide bonds. The Morgan fingerprint density at radius 2 is 0.980 bits per heavy atom. The maximum atomic E-state index is 11.5. The molecule has 0 aliphatic heterocycles. The van der Waals surface area contributed by atoms with Crippen LogP contribution in [0.3, 0.4) is 0 Å². The summed E-state index contributed by atoms with van der Waals surface area (Å²) in [5.74, 6) is -0.166. The molecule has 0 heterocycles. The monoisotopic (exact) mass is 735 g/mol. The molecule has 294 valence electrons. The van der Waals surface area contributed by atoms with Crippen molar-refractivity contribution in [1.82, 2.24) is 0 Å². The first-order valence-corrected chi connectivity index (χ1v) is 17.5. The highest BCUT2D eigenvalue weighted by Crippen LogP contribution is 2.28. The van der Waals surface area contributed by atoms with Gasteiger partial charge in [-0.3, -0.25) is 25.0 Å². The molecule has 18 heteroatoms. The number of hydrogen-bond donors (Lipinski definition) is 1. The van der Waals surface area contributed by atoms with Gasteiger partial charge in [-0.25, -0.2) is 0 Å². The van der Waals surface area contributed by atoms with Crippen molar-refractivity contribution in [3.8, 4) is 0 Å². The van der Waals surface area contributed by atoms with E-state index in [1.54, 1.807) is 0 Å². The third kappa shape index (κ3) is 28.2. The molecule has 0 aliphatic carbocycles. The first-order valence-electron chi connectivity index (χ1n) is 17.5. The molecule has 0 aliphatic rings. The second-order valence-electron chi connectivity index (χ2n) is 10.7. The van der Waals surface area contributed by atoms with Crippen molar-refractivity contribution in [3.63, 3.8) is 0 Å². The smallest absolute Gasteiger partial charge is 0.305 e. The van der Waals surface area contributed by atoms with Crippen LogP contribution in [0.5, 0.6) is 0 Å². The number of nitrogens with zero attached hydrogens (tertiary/aromatic N) is 2. The maximum absolute atomic E-state index is 11.5. The van der Waals surface area contributed by atoms with E-state index in [0.717, 1.165) is 31.7 Å². The van der Waals surface area contributed by atoms with Gasteiger partial charge in [0.1, 0.15) is 12.3 Å². The summed E-state index contributed by atoms with van der Waals surface area (Å²) in [5, 5.41) is 24.8. The standard InChI is InChI=1S/C33H57N3O15/c1-2-3-4-5-6-33(37)51-28-27-50-26-25-49-24-23-48-22-21-47-20-19-46-18-17-45-16-15-44-14-13-43-12-11-42-10-9-34-31-8-7-30(35(38)39)29-32(31)36(40)41/h7-8,29,34H,2-6,9-28H2,1H3. The van der Waals surface area contributed by atoms with Crippen LogP contribution in [0.4, 0.5) is 17.1 Å². The van der Waals surface area contributed by atoms with E-state index in [2.05, 4.69) is 12.2 Å². The van der Waals surface area contributed by atoms with E-state index >= 15 is 0 Å². The van der Waals surface area contributed by atoms with Gasteiger partial charge in [-0.2, -0.15) is 0 Å². The average Bonchev–Trinajstić information content (AvgIpc) is 3.12. The number of esters is 1. The molecule has 1 aromatic carbocycles. The van der Waals surface area contributed by atoms with E-state index < -0.39 is 9.85 Å². The van der Waals surface area contributed by atoms with E-state index in [1.165, 1.54) is 12.1 Å².